The summed E-state index contributed by atoms with van der Waals surface area (Å²) in [7, 11) is 0. The van der Waals surface area contributed by atoms with Gasteiger partial charge in [-0.05, 0) is 76.2 Å². The first kappa shape index (κ1) is 29.4. The zero-order valence-electron chi connectivity index (χ0n) is 28.1. The van der Waals surface area contributed by atoms with Crippen LogP contribution in [0.2, 0.25) is 0 Å². The highest BCUT2D eigenvalue weighted by molar-refractivity contribution is 7.19. The van der Waals surface area contributed by atoms with Gasteiger partial charge >= 0.3 is 0 Å². The van der Waals surface area contributed by atoms with Gasteiger partial charge in [0.2, 0.25) is 0 Å². The van der Waals surface area contributed by atoms with Crippen LogP contribution in [-0.2, 0) is 6.42 Å². The first-order valence-electron chi connectivity index (χ1n) is 17.8. The van der Waals surface area contributed by atoms with E-state index in [9.17, 15) is 0 Å². The summed E-state index contributed by atoms with van der Waals surface area (Å²) in [5, 5.41) is 6.72. The maximum absolute atomic E-state index is 6.96. The van der Waals surface area contributed by atoms with Crippen molar-refractivity contribution in [3.05, 3.63) is 162 Å². The van der Waals surface area contributed by atoms with E-state index in [-0.39, 0.29) is 0 Å². The second-order valence-corrected chi connectivity index (χ2v) is 14.7. The molecule has 4 heteroatoms. The van der Waals surface area contributed by atoms with Gasteiger partial charge in [-0.15, -0.1) is 11.3 Å². The minimum Gasteiger partial charge on any atom is -0.455 e. The number of nitrogens with zero attached hydrogens (tertiary/aromatic N) is 2. The lowest BCUT2D eigenvalue weighted by Gasteiger charge is -2.12. The molecule has 3 heterocycles. The maximum atomic E-state index is 6.96. The number of thiophene rings is 1. The standard InChI is InChI=1S/C48H30N2OS/c1-2-11-32(12-3-1)45-38-15-6-8-16-41(38)49-48(50-45)40-27-26-35(47-44(40)39-25-22-30-10-4-5-13-34(30)46(39)51-47)31-20-18-29(19-21-31)33-23-24-37-36-14-7-9-17-42(36)52-43(37)28-33/h1-8,10-16,18-28H,9,17H2. The molecule has 0 radical (unpaired) electrons. The fourth-order valence-electron chi connectivity index (χ4n) is 8.01. The van der Waals surface area contributed by atoms with Gasteiger partial charge in [-0.3, -0.25) is 0 Å². The molecule has 7 aromatic carbocycles. The Hall–Kier alpha value is -6.36. The van der Waals surface area contributed by atoms with E-state index in [4.69, 9.17) is 14.4 Å². The van der Waals surface area contributed by atoms with Crippen molar-refractivity contribution >= 4 is 71.1 Å². The third-order valence-electron chi connectivity index (χ3n) is 10.6. The smallest absolute Gasteiger partial charge is 0.161 e. The Bertz CT molecular complexity index is 3060. The minimum atomic E-state index is 0.682. The van der Waals surface area contributed by atoms with Crippen LogP contribution in [0.3, 0.4) is 0 Å². The van der Waals surface area contributed by atoms with Crippen molar-refractivity contribution in [3.8, 4) is 44.9 Å². The molecule has 0 N–H and O–H groups in total. The highest BCUT2D eigenvalue weighted by Crippen LogP contribution is 2.44. The third kappa shape index (κ3) is 4.58. The summed E-state index contributed by atoms with van der Waals surface area (Å²) in [5.41, 5.74) is 11.6. The van der Waals surface area contributed by atoms with Crippen LogP contribution >= 0.6 is 11.3 Å². The molecule has 52 heavy (non-hydrogen) atoms. The predicted octanol–water partition coefficient (Wildman–Crippen LogP) is 13.5. The quantitative estimate of drug-likeness (QED) is 0.185. The number of fused-ring (bicyclic) bond motifs is 9. The van der Waals surface area contributed by atoms with Crippen LogP contribution < -0.4 is 0 Å². The molecule has 10 aromatic rings. The van der Waals surface area contributed by atoms with Crippen molar-refractivity contribution in [1.29, 1.82) is 0 Å². The molecule has 0 aliphatic heterocycles. The van der Waals surface area contributed by atoms with Gasteiger partial charge in [0.1, 0.15) is 11.2 Å². The second kappa shape index (κ2) is 11.6. The highest BCUT2D eigenvalue weighted by atomic mass is 32.1. The summed E-state index contributed by atoms with van der Waals surface area (Å²) in [6.45, 7) is 0. The summed E-state index contributed by atoms with van der Waals surface area (Å²) in [5.74, 6) is 0.682. The van der Waals surface area contributed by atoms with Crippen LogP contribution in [0, 0.1) is 0 Å². The molecule has 1 aliphatic rings. The van der Waals surface area contributed by atoms with E-state index in [1.807, 2.05) is 23.5 Å². The Labute approximate surface area is 304 Å². The van der Waals surface area contributed by atoms with Crippen LogP contribution in [0.15, 0.2) is 156 Å². The Morgan fingerprint density at radius 2 is 1.29 bits per heavy atom. The SMILES string of the molecule is C1=Cc2c(sc3cc(-c4ccc(-c5ccc(-c6nc(-c7ccccc7)c7ccccc7n6)c6c5oc5c7ccccc7ccc56)cc4)ccc23)CC1. The lowest BCUT2D eigenvalue weighted by molar-refractivity contribution is 0.674. The molecular formula is C48H30N2OS. The predicted molar refractivity (Wildman–Crippen MR) is 219 cm³/mol. The van der Waals surface area contributed by atoms with Crippen molar-refractivity contribution in [1.82, 2.24) is 9.97 Å². The average molecular weight is 683 g/mol. The van der Waals surface area contributed by atoms with Crippen LogP contribution in [0.1, 0.15) is 16.9 Å². The Morgan fingerprint density at radius 3 is 2.19 bits per heavy atom. The van der Waals surface area contributed by atoms with E-state index in [0.29, 0.717) is 5.82 Å². The van der Waals surface area contributed by atoms with Crippen LogP contribution in [0.5, 0.6) is 0 Å². The molecule has 0 spiro atoms. The number of aromatic nitrogens is 2. The van der Waals surface area contributed by atoms with Crippen LogP contribution in [0.4, 0.5) is 0 Å². The molecule has 3 aromatic heterocycles. The van der Waals surface area contributed by atoms with Gasteiger partial charge in [0.05, 0.1) is 11.2 Å². The van der Waals surface area contributed by atoms with Crippen molar-refractivity contribution in [3.63, 3.8) is 0 Å². The Kier molecular flexibility index (Phi) is 6.55. The molecule has 0 bridgehead atoms. The zero-order valence-corrected chi connectivity index (χ0v) is 29.0. The second-order valence-electron chi connectivity index (χ2n) is 13.6. The van der Waals surface area contributed by atoms with E-state index >= 15 is 0 Å². The van der Waals surface area contributed by atoms with Crippen molar-refractivity contribution in [2.75, 3.05) is 0 Å². The normalized spacial score (nSPS) is 12.8. The fourth-order valence-corrected chi connectivity index (χ4v) is 9.25. The number of para-hydroxylation sites is 1. The molecule has 0 unspecified atom stereocenters. The lowest BCUT2D eigenvalue weighted by Crippen LogP contribution is -1.96. The number of rotatable bonds is 4. The number of benzene rings is 7. The van der Waals surface area contributed by atoms with Crippen molar-refractivity contribution in [2.45, 2.75) is 12.8 Å². The van der Waals surface area contributed by atoms with Gasteiger partial charge in [-0.1, -0.05) is 127 Å². The number of hydrogen-bond donors (Lipinski definition) is 0. The molecule has 0 saturated heterocycles. The van der Waals surface area contributed by atoms with E-state index in [2.05, 4.69) is 146 Å². The summed E-state index contributed by atoms with van der Waals surface area (Å²) in [6.07, 6.45) is 6.87. The maximum Gasteiger partial charge on any atom is 0.161 e. The molecule has 244 valence electrons. The van der Waals surface area contributed by atoms with Crippen LogP contribution in [-0.4, -0.2) is 9.97 Å². The van der Waals surface area contributed by atoms with Gasteiger partial charge in [0, 0.05) is 47.8 Å². The molecule has 0 amide bonds. The van der Waals surface area contributed by atoms with Gasteiger partial charge in [-0.25, -0.2) is 9.97 Å². The zero-order chi connectivity index (χ0) is 34.2. The Balaban J connectivity index is 1.10. The summed E-state index contributed by atoms with van der Waals surface area (Å²) in [4.78, 5) is 11.9. The molecular weight excluding hydrogens is 653 g/mol. The van der Waals surface area contributed by atoms with Crippen LogP contribution in [0.25, 0.3) is 105 Å². The molecule has 3 nitrogen and oxygen atoms in total. The van der Waals surface area contributed by atoms with E-state index < -0.39 is 0 Å². The van der Waals surface area contributed by atoms with E-state index in [1.165, 1.54) is 31.7 Å². The lowest BCUT2D eigenvalue weighted by atomic mass is 9.95. The van der Waals surface area contributed by atoms with Crippen molar-refractivity contribution in [2.24, 2.45) is 0 Å². The summed E-state index contributed by atoms with van der Waals surface area (Å²) < 4.78 is 8.32. The van der Waals surface area contributed by atoms with Crippen molar-refractivity contribution < 1.29 is 4.42 Å². The molecule has 0 atom stereocenters. The highest BCUT2D eigenvalue weighted by Gasteiger charge is 2.22. The number of allylic oxidation sites excluding steroid dienone is 1. The van der Waals surface area contributed by atoms with Gasteiger partial charge in [0.25, 0.3) is 0 Å². The Morgan fingerprint density at radius 1 is 0.538 bits per heavy atom. The minimum absolute atomic E-state index is 0.682. The summed E-state index contributed by atoms with van der Waals surface area (Å²) >= 11 is 1.94. The first-order valence-corrected chi connectivity index (χ1v) is 18.6. The van der Waals surface area contributed by atoms with Gasteiger partial charge < -0.3 is 4.42 Å². The van der Waals surface area contributed by atoms with Gasteiger partial charge in [0.15, 0.2) is 5.82 Å². The third-order valence-corrected chi connectivity index (χ3v) is 11.8. The number of aryl methyl sites for hydroxylation is 1. The molecule has 0 saturated carbocycles. The number of hydrogen-bond acceptors (Lipinski definition) is 4. The largest absolute Gasteiger partial charge is 0.455 e. The van der Waals surface area contributed by atoms with E-state index in [1.54, 1.807) is 0 Å². The van der Waals surface area contributed by atoms with E-state index in [0.717, 1.165) is 84.4 Å². The summed E-state index contributed by atoms with van der Waals surface area (Å²) in [6, 6.07) is 51.6. The first-order chi connectivity index (χ1) is 25.8. The number of furan rings is 1. The average Bonchev–Trinajstić information content (AvgIpc) is 3.79. The molecule has 11 rings (SSSR count). The topological polar surface area (TPSA) is 38.9 Å². The fraction of sp³-hybridized carbons (Fsp3) is 0.0417. The van der Waals surface area contributed by atoms with Gasteiger partial charge in [-0.2, -0.15) is 0 Å². The molecule has 1 aliphatic carbocycles. The molecule has 0 fully saturated rings. The monoisotopic (exact) mass is 682 g/mol.